The largest absolute Gasteiger partial charge is 1.00 e. The van der Waals surface area contributed by atoms with Gasteiger partial charge >= 0.3 is 5.91 Å². The smallest absolute Gasteiger partial charge is 0.340 e. The zero-order valence-electron chi connectivity index (χ0n) is 10.0. The van der Waals surface area contributed by atoms with Crippen LogP contribution in [0.15, 0.2) is 42.5 Å². The highest BCUT2D eigenvalue weighted by atomic mass is 35.5. The fourth-order valence-electron chi connectivity index (χ4n) is 1.63. The van der Waals surface area contributed by atoms with Crippen molar-refractivity contribution in [2.75, 3.05) is 14.1 Å². The molecule has 0 fully saturated rings. The Hall–Kier alpha value is -1.12. The Balaban J connectivity index is 0.00000225. The summed E-state index contributed by atoms with van der Waals surface area (Å²) in [7, 11) is 3.81. The van der Waals surface area contributed by atoms with E-state index < -0.39 is 0 Å². The first-order valence-corrected chi connectivity index (χ1v) is 5.01. The van der Waals surface area contributed by atoms with Crippen LogP contribution in [0, 0.1) is 0 Å². The number of hydrogen-bond acceptors (Lipinski definition) is 1. The van der Waals surface area contributed by atoms with Crippen LogP contribution in [0.5, 0.6) is 0 Å². The average Bonchev–Trinajstić information content (AvgIpc) is 2.17. The second kappa shape index (κ2) is 5.83. The summed E-state index contributed by atoms with van der Waals surface area (Å²) in [5, 5.41) is 0. The first-order valence-electron chi connectivity index (χ1n) is 5.01. The quantitative estimate of drug-likeness (QED) is 0.507. The third-order valence-corrected chi connectivity index (χ3v) is 2.34. The van der Waals surface area contributed by atoms with Crippen LogP contribution in [0.4, 0.5) is 0 Å². The lowest BCUT2D eigenvalue weighted by Gasteiger charge is -2.26. The third-order valence-electron chi connectivity index (χ3n) is 2.34. The highest BCUT2D eigenvalue weighted by Crippen LogP contribution is 2.12. The van der Waals surface area contributed by atoms with Gasteiger partial charge in [0, 0.05) is 11.1 Å². The molecule has 0 unspecified atom stereocenters. The Labute approximate surface area is 104 Å². The van der Waals surface area contributed by atoms with Gasteiger partial charge in [-0.15, -0.1) is 0 Å². The fourth-order valence-corrected chi connectivity index (χ4v) is 1.63. The molecule has 0 saturated carbocycles. The highest BCUT2D eigenvalue weighted by Gasteiger charge is 2.26. The number of halogens is 1. The molecule has 0 bridgehead atoms. The zero-order valence-corrected chi connectivity index (χ0v) is 10.8. The molecule has 0 aromatic heterocycles. The van der Waals surface area contributed by atoms with E-state index in [1.54, 1.807) is 6.92 Å². The number of rotatable bonds is 3. The summed E-state index contributed by atoms with van der Waals surface area (Å²) in [6.45, 7) is 6.16. The molecule has 0 aliphatic heterocycles. The monoisotopic (exact) mass is 239 g/mol. The molecular formula is C13H18ClNO. The molecule has 3 heteroatoms. The molecule has 1 aromatic carbocycles. The first kappa shape index (κ1) is 14.9. The van der Waals surface area contributed by atoms with Gasteiger partial charge in [0.25, 0.3) is 0 Å². The molecule has 0 aliphatic rings. The van der Waals surface area contributed by atoms with Crippen molar-refractivity contribution in [3.63, 3.8) is 0 Å². The molecule has 0 heterocycles. The van der Waals surface area contributed by atoms with E-state index in [1.807, 2.05) is 44.4 Å². The maximum absolute atomic E-state index is 11.8. The molecule has 0 atom stereocenters. The summed E-state index contributed by atoms with van der Waals surface area (Å²) in [6, 6.07) is 10.0. The van der Waals surface area contributed by atoms with Gasteiger partial charge in [0.1, 0.15) is 6.54 Å². The van der Waals surface area contributed by atoms with E-state index in [4.69, 9.17) is 0 Å². The van der Waals surface area contributed by atoms with Crippen LogP contribution in [-0.2, 0) is 11.3 Å². The molecule has 2 nitrogen and oxygen atoms in total. The van der Waals surface area contributed by atoms with Gasteiger partial charge in [-0.05, 0) is 6.92 Å². The Morgan fingerprint density at radius 2 is 1.75 bits per heavy atom. The molecule has 88 valence electrons. The molecule has 1 aromatic rings. The molecule has 16 heavy (non-hydrogen) atoms. The van der Waals surface area contributed by atoms with Crippen LogP contribution < -0.4 is 12.4 Å². The first-order chi connectivity index (χ1) is 6.93. The Kier molecular flexibility index (Phi) is 5.42. The normalized spacial score (nSPS) is 10.4. The number of nitrogens with zero attached hydrogens (tertiary/aromatic N) is 1. The van der Waals surface area contributed by atoms with E-state index in [1.165, 1.54) is 0 Å². The average molecular weight is 240 g/mol. The fraction of sp³-hybridized carbons (Fsp3) is 0.308. The highest BCUT2D eigenvalue weighted by molar-refractivity contribution is 5.86. The summed E-state index contributed by atoms with van der Waals surface area (Å²) in [5.74, 6) is 0.0823. The molecular weight excluding hydrogens is 222 g/mol. The SMILES string of the molecule is C=C(C)C(=O)[N+](C)(C)Cc1ccccc1.[Cl-]. The number of hydrogen-bond donors (Lipinski definition) is 0. The summed E-state index contributed by atoms with van der Waals surface area (Å²) in [5.41, 5.74) is 1.77. The van der Waals surface area contributed by atoms with Crippen molar-refractivity contribution in [2.24, 2.45) is 0 Å². The van der Waals surface area contributed by atoms with Gasteiger partial charge in [0.2, 0.25) is 0 Å². The van der Waals surface area contributed by atoms with E-state index >= 15 is 0 Å². The van der Waals surface area contributed by atoms with E-state index in [-0.39, 0.29) is 18.3 Å². The molecule has 1 rings (SSSR count). The number of benzene rings is 1. The second-order valence-corrected chi connectivity index (χ2v) is 4.41. The lowest BCUT2D eigenvalue weighted by molar-refractivity contribution is -0.825. The van der Waals surface area contributed by atoms with E-state index in [0.29, 0.717) is 16.6 Å². The van der Waals surface area contributed by atoms with Crippen molar-refractivity contribution in [1.29, 1.82) is 0 Å². The molecule has 0 aliphatic carbocycles. The predicted octanol–water partition coefficient (Wildman–Crippen LogP) is -0.630. The van der Waals surface area contributed by atoms with Crippen molar-refractivity contribution in [3.8, 4) is 0 Å². The van der Waals surface area contributed by atoms with Gasteiger partial charge in [-0.2, -0.15) is 0 Å². The number of amides is 1. The van der Waals surface area contributed by atoms with E-state index in [2.05, 4.69) is 6.58 Å². The lowest BCUT2D eigenvalue weighted by atomic mass is 10.2. The number of quaternary nitrogens is 1. The molecule has 0 saturated heterocycles. The molecule has 0 N–H and O–H groups in total. The van der Waals surface area contributed by atoms with Crippen LogP contribution in [-0.4, -0.2) is 24.5 Å². The van der Waals surface area contributed by atoms with Crippen LogP contribution >= 0.6 is 0 Å². The maximum Gasteiger partial charge on any atom is 0.340 e. The molecule has 1 amide bonds. The minimum Gasteiger partial charge on any atom is -1.00 e. The van der Waals surface area contributed by atoms with Crippen LogP contribution in [0.3, 0.4) is 0 Å². The minimum absolute atomic E-state index is 0. The van der Waals surface area contributed by atoms with Crippen molar-refractivity contribution < 1.29 is 21.7 Å². The van der Waals surface area contributed by atoms with Crippen LogP contribution in [0.1, 0.15) is 12.5 Å². The number of carbonyl (C=O) groups is 1. The minimum atomic E-state index is 0. The van der Waals surface area contributed by atoms with Crippen molar-refractivity contribution in [3.05, 3.63) is 48.0 Å². The van der Waals surface area contributed by atoms with Crippen molar-refractivity contribution in [1.82, 2.24) is 0 Å². The van der Waals surface area contributed by atoms with Gasteiger partial charge in [-0.25, -0.2) is 4.79 Å². The van der Waals surface area contributed by atoms with E-state index in [0.717, 1.165) is 5.56 Å². The van der Waals surface area contributed by atoms with Crippen molar-refractivity contribution in [2.45, 2.75) is 13.5 Å². The Morgan fingerprint density at radius 1 is 1.25 bits per heavy atom. The predicted molar refractivity (Wildman–Crippen MR) is 62.1 cm³/mol. The summed E-state index contributed by atoms with van der Waals surface area (Å²) in [4.78, 5) is 11.8. The summed E-state index contributed by atoms with van der Waals surface area (Å²) < 4.78 is 0.319. The van der Waals surface area contributed by atoms with Gasteiger partial charge in [0.15, 0.2) is 0 Å². The van der Waals surface area contributed by atoms with Crippen LogP contribution in [0.2, 0.25) is 0 Å². The molecule has 0 radical (unpaired) electrons. The van der Waals surface area contributed by atoms with Gasteiger partial charge in [-0.1, -0.05) is 36.9 Å². The number of likely N-dealkylation sites (N-methyl/N-ethyl adjacent to an activating group) is 1. The van der Waals surface area contributed by atoms with Gasteiger partial charge in [0.05, 0.1) is 14.1 Å². The second-order valence-electron chi connectivity index (χ2n) is 4.41. The molecule has 0 spiro atoms. The summed E-state index contributed by atoms with van der Waals surface area (Å²) >= 11 is 0. The number of carbonyl (C=O) groups excluding carboxylic acids is 1. The van der Waals surface area contributed by atoms with Gasteiger partial charge < -0.3 is 12.4 Å². The Bertz CT molecular complexity index is 371. The summed E-state index contributed by atoms with van der Waals surface area (Å²) in [6.07, 6.45) is 0. The van der Waals surface area contributed by atoms with E-state index in [9.17, 15) is 4.79 Å². The Morgan fingerprint density at radius 3 is 2.19 bits per heavy atom. The van der Waals surface area contributed by atoms with Crippen molar-refractivity contribution >= 4 is 5.91 Å². The van der Waals surface area contributed by atoms with Crippen LogP contribution in [0.25, 0.3) is 0 Å². The maximum atomic E-state index is 11.8. The standard InChI is InChI=1S/C13H18NO.ClH/c1-11(2)13(15)14(3,4)10-12-8-6-5-7-9-12;/h5-9H,1,10H2,2-4H3;1H/q+1;/p-1. The van der Waals surface area contributed by atoms with Gasteiger partial charge in [-0.3, -0.25) is 4.48 Å². The lowest BCUT2D eigenvalue weighted by Crippen LogP contribution is -3.00. The topological polar surface area (TPSA) is 17.1 Å². The zero-order chi connectivity index (χ0) is 11.5. The third kappa shape index (κ3) is 3.80.